The number of rotatable bonds is 4. The number of ether oxygens (including phenoxy) is 1. The predicted molar refractivity (Wildman–Crippen MR) is 90.8 cm³/mol. The number of hydrogen-bond acceptors (Lipinski definition) is 6. The Labute approximate surface area is 143 Å². The molecule has 0 aromatic heterocycles. The summed E-state index contributed by atoms with van der Waals surface area (Å²) in [7, 11) is 1.53. The average Bonchev–Trinajstić information content (AvgIpc) is 2.87. The summed E-state index contributed by atoms with van der Waals surface area (Å²) in [6.07, 6.45) is 0. The Morgan fingerprint density at radius 3 is 2.60 bits per heavy atom. The second kappa shape index (κ2) is 6.27. The van der Waals surface area contributed by atoms with Crippen molar-refractivity contribution < 1.29 is 19.2 Å². The molecule has 2 aromatic carbocycles. The molecule has 1 unspecified atom stereocenters. The summed E-state index contributed by atoms with van der Waals surface area (Å²) >= 11 is 0. The Hall–Kier alpha value is -3.35. The third-order valence-corrected chi connectivity index (χ3v) is 4.00. The first-order chi connectivity index (χ1) is 11.9. The van der Waals surface area contributed by atoms with Crippen LogP contribution < -0.4 is 4.74 Å². The number of non-ortho nitro benzene ring substituents is 1. The van der Waals surface area contributed by atoms with Crippen molar-refractivity contribution in [1.82, 2.24) is 0 Å². The van der Waals surface area contributed by atoms with Crippen molar-refractivity contribution in [2.24, 2.45) is 10.9 Å². The number of carbonyl (C=O) groups excluding carboxylic acids is 2. The van der Waals surface area contributed by atoms with Crippen LogP contribution >= 0.6 is 0 Å². The minimum absolute atomic E-state index is 0.149. The fraction of sp³-hybridized carbons (Fsp3) is 0.167. The zero-order chi connectivity index (χ0) is 18.1. The molecule has 25 heavy (non-hydrogen) atoms. The Morgan fingerprint density at radius 2 is 1.96 bits per heavy atom. The standard InChI is InChI=1S/C18H14N2O5/c1-10(21)16-17(19-11-4-3-5-13(8-11)25-2)14-7-6-12(20(23)24)9-15(14)18(16)22/h3-9,16H,1-2H3. The highest BCUT2D eigenvalue weighted by atomic mass is 16.6. The van der Waals surface area contributed by atoms with E-state index in [1.54, 1.807) is 24.3 Å². The molecule has 2 aromatic rings. The fourth-order valence-corrected chi connectivity index (χ4v) is 2.83. The van der Waals surface area contributed by atoms with Crippen molar-refractivity contribution in [3.8, 4) is 5.75 Å². The van der Waals surface area contributed by atoms with Crippen molar-refractivity contribution in [1.29, 1.82) is 0 Å². The molecule has 0 fully saturated rings. The van der Waals surface area contributed by atoms with Gasteiger partial charge in [0.25, 0.3) is 5.69 Å². The number of Topliss-reactive ketones (excluding diaryl/α,β-unsaturated/α-hetero) is 2. The van der Waals surface area contributed by atoms with Gasteiger partial charge < -0.3 is 4.74 Å². The van der Waals surface area contributed by atoms with Crippen LogP contribution in [0.25, 0.3) is 0 Å². The first kappa shape index (κ1) is 16.5. The van der Waals surface area contributed by atoms with E-state index in [-0.39, 0.29) is 17.0 Å². The smallest absolute Gasteiger partial charge is 0.270 e. The number of nitrogens with zero attached hydrogens (tertiary/aromatic N) is 2. The Bertz CT molecular complexity index is 933. The molecule has 7 heteroatoms. The van der Waals surface area contributed by atoms with Gasteiger partial charge in [-0.05, 0) is 25.1 Å². The molecule has 1 aliphatic carbocycles. The number of benzene rings is 2. The maximum atomic E-state index is 12.6. The van der Waals surface area contributed by atoms with Gasteiger partial charge in [0.2, 0.25) is 0 Å². The van der Waals surface area contributed by atoms with Gasteiger partial charge in [0.15, 0.2) is 5.78 Å². The largest absolute Gasteiger partial charge is 0.497 e. The lowest BCUT2D eigenvalue weighted by molar-refractivity contribution is -0.384. The topological polar surface area (TPSA) is 98.9 Å². The van der Waals surface area contributed by atoms with Crippen LogP contribution in [0.2, 0.25) is 0 Å². The quantitative estimate of drug-likeness (QED) is 0.484. The molecule has 1 aliphatic rings. The molecule has 126 valence electrons. The van der Waals surface area contributed by atoms with E-state index in [1.165, 1.54) is 32.2 Å². The zero-order valence-electron chi connectivity index (χ0n) is 13.6. The van der Waals surface area contributed by atoms with E-state index < -0.39 is 16.6 Å². The van der Waals surface area contributed by atoms with Gasteiger partial charge in [-0.3, -0.25) is 24.7 Å². The first-order valence-corrected chi connectivity index (χ1v) is 7.48. The molecule has 0 N–H and O–H groups in total. The molecule has 0 radical (unpaired) electrons. The summed E-state index contributed by atoms with van der Waals surface area (Å²) in [4.78, 5) is 39.4. The number of carbonyl (C=O) groups is 2. The van der Waals surface area contributed by atoms with Crippen LogP contribution in [0, 0.1) is 16.0 Å². The van der Waals surface area contributed by atoms with Crippen LogP contribution in [0.4, 0.5) is 11.4 Å². The number of hydrogen-bond donors (Lipinski definition) is 0. The maximum absolute atomic E-state index is 12.6. The van der Waals surface area contributed by atoms with E-state index in [1.807, 2.05) is 0 Å². The second-order valence-electron chi connectivity index (χ2n) is 5.59. The summed E-state index contributed by atoms with van der Waals surface area (Å²) in [6.45, 7) is 1.31. The van der Waals surface area contributed by atoms with Crippen molar-refractivity contribution in [3.05, 3.63) is 63.7 Å². The van der Waals surface area contributed by atoms with Crippen molar-refractivity contribution in [3.63, 3.8) is 0 Å². The van der Waals surface area contributed by atoms with Gasteiger partial charge in [-0.1, -0.05) is 6.07 Å². The molecule has 3 rings (SSSR count). The summed E-state index contributed by atoms with van der Waals surface area (Å²) in [5, 5.41) is 10.9. The average molecular weight is 338 g/mol. The van der Waals surface area contributed by atoms with E-state index in [0.29, 0.717) is 22.7 Å². The summed E-state index contributed by atoms with van der Waals surface area (Å²) in [6, 6.07) is 10.9. The molecular weight excluding hydrogens is 324 g/mol. The van der Waals surface area contributed by atoms with Crippen LogP contribution in [-0.4, -0.2) is 29.3 Å². The molecule has 1 atom stereocenters. The molecule has 0 saturated carbocycles. The SMILES string of the molecule is COc1cccc(N=C2c3ccc([N+](=O)[O-])cc3C(=O)C2C(C)=O)c1. The fourth-order valence-electron chi connectivity index (χ4n) is 2.83. The molecule has 0 heterocycles. The highest BCUT2D eigenvalue weighted by molar-refractivity contribution is 6.37. The van der Waals surface area contributed by atoms with E-state index in [0.717, 1.165) is 0 Å². The lowest BCUT2D eigenvalue weighted by Gasteiger charge is -2.07. The van der Waals surface area contributed by atoms with Gasteiger partial charge in [-0.25, -0.2) is 0 Å². The van der Waals surface area contributed by atoms with E-state index in [9.17, 15) is 19.7 Å². The zero-order valence-corrected chi connectivity index (χ0v) is 13.6. The van der Waals surface area contributed by atoms with E-state index in [2.05, 4.69) is 4.99 Å². The van der Waals surface area contributed by atoms with Gasteiger partial charge >= 0.3 is 0 Å². The number of methoxy groups -OCH3 is 1. The van der Waals surface area contributed by atoms with Crippen molar-refractivity contribution >= 4 is 28.7 Å². The number of fused-ring (bicyclic) bond motifs is 1. The van der Waals surface area contributed by atoms with Gasteiger partial charge in [-0.2, -0.15) is 0 Å². The number of aliphatic imine (C=N–C) groups is 1. The molecule has 0 aliphatic heterocycles. The van der Waals surface area contributed by atoms with E-state index in [4.69, 9.17) is 4.74 Å². The summed E-state index contributed by atoms with van der Waals surface area (Å²) < 4.78 is 5.15. The first-order valence-electron chi connectivity index (χ1n) is 7.48. The Balaban J connectivity index is 2.17. The summed E-state index contributed by atoms with van der Waals surface area (Å²) in [5.41, 5.74) is 1.22. The predicted octanol–water partition coefficient (Wildman–Crippen LogP) is 3.13. The number of nitro groups is 1. The van der Waals surface area contributed by atoms with Gasteiger partial charge in [-0.15, -0.1) is 0 Å². The van der Waals surface area contributed by atoms with E-state index >= 15 is 0 Å². The van der Waals surface area contributed by atoms with Crippen molar-refractivity contribution in [2.75, 3.05) is 7.11 Å². The molecule has 7 nitrogen and oxygen atoms in total. The second-order valence-corrected chi connectivity index (χ2v) is 5.59. The third-order valence-electron chi connectivity index (χ3n) is 4.00. The summed E-state index contributed by atoms with van der Waals surface area (Å²) in [5.74, 6) is -1.28. The lowest BCUT2D eigenvalue weighted by atomic mass is 9.99. The maximum Gasteiger partial charge on any atom is 0.270 e. The van der Waals surface area contributed by atoms with Gasteiger partial charge in [0.1, 0.15) is 17.5 Å². The van der Waals surface area contributed by atoms with Gasteiger partial charge in [0, 0.05) is 29.3 Å². The van der Waals surface area contributed by atoms with Crippen LogP contribution in [0.1, 0.15) is 22.8 Å². The minimum atomic E-state index is -1.05. The minimum Gasteiger partial charge on any atom is -0.497 e. The van der Waals surface area contributed by atoms with Crippen LogP contribution in [0.15, 0.2) is 47.5 Å². The van der Waals surface area contributed by atoms with Crippen LogP contribution in [-0.2, 0) is 4.79 Å². The van der Waals surface area contributed by atoms with Crippen LogP contribution in [0.5, 0.6) is 5.75 Å². The molecular formula is C18H14N2O5. The molecule has 0 amide bonds. The third kappa shape index (κ3) is 2.91. The molecule has 0 bridgehead atoms. The highest BCUT2D eigenvalue weighted by Gasteiger charge is 2.40. The Morgan fingerprint density at radius 1 is 1.20 bits per heavy atom. The number of nitro benzene ring substituents is 1. The van der Waals surface area contributed by atoms with Crippen molar-refractivity contribution in [2.45, 2.75) is 6.92 Å². The lowest BCUT2D eigenvalue weighted by Crippen LogP contribution is -2.23. The normalized spacial score (nSPS) is 17.4. The highest BCUT2D eigenvalue weighted by Crippen LogP contribution is 2.33. The molecule has 0 saturated heterocycles. The monoisotopic (exact) mass is 338 g/mol. The van der Waals surface area contributed by atoms with Gasteiger partial charge in [0.05, 0.1) is 23.4 Å². The number of ketones is 2. The van der Waals surface area contributed by atoms with Crippen LogP contribution in [0.3, 0.4) is 0 Å². The Kier molecular flexibility index (Phi) is 4.14. The molecule has 0 spiro atoms.